The van der Waals surface area contributed by atoms with Crippen molar-refractivity contribution in [2.24, 2.45) is 7.05 Å². The Morgan fingerprint density at radius 3 is 2.72 bits per heavy atom. The van der Waals surface area contributed by atoms with E-state index in [1.165, 1.54) is 17.8 Å². The van der Waals surface area contributed by atoms with Crippen molar-refractivity contribution in [2.75, 3.05) is 24.3 Å². The first-order chi connectivity index (χ1) is 15.3. The van der Waals surface area contributed by atoms with E-state index in [9.17, 15) is 9.18 Å². The van der Waals surface area contributed by atoms with Crippen molar-refractivity contribution in [3.05, 3.63) is 51.6 Å². The van der Waals surface area contributed by atoms with E-state index in [1.807, 2.05) is 19.9 Å². The Morgan fingerprint density at radius 1 is 1.28 bits per heavy atom. The zero-order valence-corrected chi connectivity index (χ0v) is 18.7. The highest BCUT2D eigenvalue weighted by molar-refractivity contribution is 5.87. The van der Waals surface area contributed by atoms with Gasteiger partial charge in [-0.3, -0.25) is 9.36 Å². The summed E-state index contributed by atoms with van der Waals surface area (Å²) in [6.07, 6.45) is 0.858. The maximum absolute atomic E-state index is 14.1. The Labute approximate surface area is 185 Å². The number of nitrogens with zero attached hydrogens (tertiary/aromatic N) is 3. The molecule has 3 heterocycles. The van der Waals surface area contributed by atoms with Gasteiger partial charge in [0.15, 0.2) is 5.75 Å². The second-order valence-corrected chi connectivity index (χ2v) is 8.24. The first-order valence-electron chi connectivity index (χ1n) is 10.7. The fourth-order valence-electron chi connectivity index (χ4n) is 4.16. The monoisotopic (exact) mass is 441 g/mol. The van der Waals surface area contributed by atoms with Crippen molar-refractivity contribution in [1.29, 1.82) is 0 Å². The molecule has 0 aliphatic carbocycles. The average molecular weight is 442 g/mol. The number of nitrogens with one attached hydrogen (secondary N) is 1. The van der Waals surface area contributed by atoms with Crippen LogP contribution in [0.1, 0.15) is 49.2 Å². The highest BCUT2D eigenvalue weighted by atomic mass is 19.1. The van der Waals surface area contributed by atoms with Crippen molar-refractivity contribution < 1.29 is 13.9 Å². The quantitative estimate of drug-likeness (QED) is 0.563. The molecule has 9 heteroatoms. The van der Waals surface area contributed by atoms with Crippen LogP contribution in [0.2, 0.25) is 0 Å². The predicted molar refractivity (Wildman–Crippen MR) is 122 cm³/mol. The molecular formula is C23H28FN5O3. The number of rotatable bonds is 6. The normalized spacial score (nSPS) is 18.0. The number of hydrogen-bond acceptors (Lipinski definition) is 7. The number of hydrogen-bond donors (Lipinski definition) is 2. The van der Waals surface area contributed by atoms with Gasteiger partial charge in [-0.2, -0.15) is 0 Å². The molecule has 8 nitrogen and oxygen atoms in total. The molecule has 1 aliphatic heterocycles. The summed E-state index contributed by atoms with van der Waals surface area (Å²) >= 11 is 0. The van der Waals surface area contributed by atoms with Crippen LogP contribution in [0, 0.1) is 6.92 Å². The molecule has 1 aromatic carbocycles. The lowest BCUT2D eigenvalue weighted by Gasteiger charge is -2.22. The van der Waals surface area contributed by atoms with Gasteiger partial charge in [0.2, 0.25) is 0 Å². The number of aromatic nitrogens is 3. The molecule has 3 unspecified atom stereocenters. The van der Waals surface area contributed by atoms with Crippen LogP contribution < -0.4 is 21.3 Å². The largest absolute Gasteiger partial charge is 0.482 e. The fourth-order valence-corrected chi connectivity index (χ4v) is 4.16. The van der Waals surface area contributed by atoms with Crippen LogP contribution >= 0.6 is 0 Å². The number of ether oxygens (including phenoxy) is 2. The number of anilines is 2. The van der Waals surface area contributed by atoms with Gasteiger partial charge in [-0.1, -0.05) is 0 Å². The molecule has 170 valence electrons. The minimum absolute atomic E-state index is 0.156. The van der Waals surface area contributed by atoms with Gasteiger partial charge in [-0.25, -0.2) is 14.4 Å². The van der Waals surface area contributed by atoms with E-state index in [0.29, 0.717) is 41.3 Å². The number of alkyl halides is 1. The summed E-state index contributed by atoms with van der Waals surface area (Å²) in [6, 6.07) is 4.96. The Hall–Kier alpha value is -3.20. The van der Waals surface area contributed by atoms with E-state index in [4.69, 9.17) is 15.2 Å². The van der Waals surface area contributed by atoms with Gasteiger partial charge < -0.3 is 20.5 Å². The molecule has 1 saturated heterocycles. The first-order valence-corrected chi connectivity index (χ1v) is 10.7. The van der Waals surface area contributed by atoms with E-state index < -0.39 is 6.17 Å². The van der Waals surface area contributed by atoms with Crippen molar-refractivity contribution in [2.45, 2.75) is 45.5 Å². The zero-order valence-electron chi connectivity index (χ0n) is 18.7. The summed E-state index contributed by atoms with van der Waals surface area (Å²) in [6.45, 7) is 6.41. The Kier molecular flexibility index (Phi) is 6.01. The number of halogens is 1. The number of pyridine rings is 1. The van der Waals surface area contributed by atoms with E-state index in [0.717, 1.165) is 17.5 Å². The molecule has 0 radical (unpaired) electrons. The molecule has 0 amide bonds. The minimum atomic E-state index is -1.13. The van der Waals surface area contributed by atoms with E-state index in [-0.39, 0.29) is 23.5 Å². The summed E-state index contributed by atoms with van der Waals surface area (Å²) in [4.78, 5) is 21.5. The van der Waals surface area contributed by atoms with Crippen LogP contribution in [0.5, 0.6) is 5.75 Å². The number of nitrogen functional groups attached to an aromatic ring is 1. The Bertz CT molecular complexity index is 1200. The third kappa shape index (κ3) is 4.12. The summed E-state index contributed by atoms with van der Waals surface area (Å²) in [5, 5.41) is 4.03. The summed E-state index contributed by atoms with van der Waals surface area (Å²) in [5.74, 6) is 0.775. The van der Waals surface area contributed by atoms with E-state index in [2.05, 4.69) is 15.3 Å². The molecule has 1 aliphatic rings. The lowest BCUT2D eigenvalue weighted by Crippen LogP contribution is -2.25. The standard InChI is InChI=1S/C23H28FN5O3/c1-12-17(13(2)24)7-15(25)8-18(12)14(3)28-21-19-9-20(32-16-5-6-31-10-16)23(30)29(4)22(19)27-11-26-21/h7-9,11,13-14,16H,5-6,10,25H2,1-4H3,(H,26,27,28). The number of nitrogens with two attached hydrogens (primary N) is 1. The number of aryl methyl sites for hydroxylation is 1. The maximum atomic E-state index is 14.1. The van der Waals surface area contributed by atoms with Gasteiger partial charge in [0, 0.05) is 25.2 Å². The van der Waals surface area contributed by atoms with Crippen LogP contribution in [0.3, 0.4) is 0 Å². The highest BCUT2D eigenvalue weighted by Crippen LogP contribution is 2.32. The minimum Gasteiger partial charge on any atom is -0.482 e. The fraction of sp³-hybridized carbons (Fsp3) is 0.435. The van der Waals surface area contributed by atoms with E-state index in [1.54, 1.807) is 19.2 Å². The third-order valence-corrected chi connectivity index (χ3v) is 5.91. The molecule has 3 atom stereocenters. The molecule has 1 fully saturated rings. The molecule has 0 spiro atoms. The maximum Gasteiger partial charge on any atom is 0.294 e. The van der Waals surface area contributed by atoms with Crippen molar-refractivity contribution >= 4 is 22.5 Å². The van der Waals surface area contributed by atoms with Crippen LogP contribution in [-0.2, 0) is 11.8 Å². The SMILES string of the molecule is Cc1c(C(C)F)cc(N)cc1C(C)Nc1ncnc2c1cc(OC1CCOC1)c(=O)n2C. The first kappa shape index (κ1) is 22.0. The van der Waals surface area contributed by atoms with Gasteiger partial charge in [0.25, 0.3) is 5.56 Å². The van der Waals surface area contributed by atoms with Gasteiger partial charge in [-0.05, 0) is 49.6 Å². The summed E-state index contributed by atoms with van der Waals surface area (Å²) in [7, 11) is 1.65. The van der Waals surface area contributed by atoms with Gasteiger partial charge in [0.1, 0.15) is 30.1 Å². The smallest absolute Gasteiger partial charge is 0.294 e. The molecule has 32 heavy (non-hydrogen) atoms. The third-order valence-electron chi connectivity index (χ3n) is 5.91. The second-order valence-electron chi connectivity index (χ2n) is 8.24. The van der Waals surface area contributed by atoms with Crippen molar-refractivity contribution in [3.8, 4) is 5.75 Å². The number of fused-ring (bicyclic) bond motifs is 1. The topological polar surface area (TPSA) is 104 Å². The van der Waals surface area contributed by atoms with Crippen LogP contribution in [0.15, 0.2) is 29.3 Å². The molecule has 0 bridgehead atoms. The Morgan fingerprint density at radius 2 is 2.03 bits per heavy atom. The van der Waals surface area contributed by atoms with E-state index >= 15 is 0 Å². The van der Waals surface area contributed by atoms with Crippen LogP contribution in [0.25, 0.3) is 11.0 Å². The Balaban J connectivity index is 1.73. The highest BCUT2D eigenvalue weighted by Gasteiger charge is 2.22. The molecule has 3 aromatic rings. The molecule has 3 N–H and O–H groups in total. The van der Waals surface area contributed by atoms with Crippen molar-refractivity contribution in [3.63, 3.8) is 0 Å². The lowest BCUT2D eigenvalue weighted by atomic mass is 9.94. The average Bonchev–Trinajstić information content (AvgIpc) is 3.26. The summed E-state index contributed by atoms with van der Waals surface area (Å²) < 4.78 is 26.8. The van der Waals surface area contributed by atoms with Gasteiger partial charge >= 0.3 is 0 Å². The second kappa shape index (κ2) is 8.74. The van der Waals surface area contributed by atoms with Gasteiger partial charge in [0.05, 0.1) is 24.6 Å². The van der Waals surface area contributed by atoms with Gasteiger partial charge in [-0.15, -0.1) is 0 Å². The molecular weight excluding hydrogens is 413 g/mol. The summed E-state index contributed by atoms with van der Waals surface area (Å²) in [5.41, 5.74) is 9.04. The molecule has 4 rings (SSSR count). The van der Waals surface area contributed by atoms with Crippen molar-refractivity contribution in [1.82, 2.24) is 14.5 Å². The lowest BCUT2D eigenvalue weighted by molar-refractivity contribution is 0.140. The molecule has 2 aromatic heterocycles. The van der Waals surface area contributed by atoms with Crippen LogP contribution in [-0.4, -0.2) is 33.9 Å². The predicted octanol–water partition coefficient (Wildman–Crippen LogP) is 3.59. The molecule has 0 saturated carbocycles. The van der Waals surface area contributed by atoms with Crippen LogP contribution in [0.4, 0.5) is 15.9 Å². The zero-order chi connectivity index (χ0) is 23.0. The number of benzene rings is 1.